The number of anilines is 1. The number of nitrogen functional groups attached to an aromatic ring is 1. The zero-order valence-corrected chi connectivity index (χ0v) is 7.65. The summed E-state index contributed by atoms with van der Waals surface area (Å²) in [5, 5.41) is 0. The first kappa shape index (κ1) is 11.5. The molecule has 0 unspecified atom stereocenters. The molecule has 0 spiro atoms. The normalized spacial score (nSPS) is 11.5. The second-order valence-electron chi connectivity index (χ2n) is 2.98. The minimum absolute atomic E-state index is 0.297. The van der Waals surface area contributed by atoms with Crippen molar-refractivity contribution in [2.24, 2.45) is 0 Å². The molecule has 0 amide bonds. The zero-order chi connectivity index (χ0) is 11.8. The summed E-state index contributed by atoms with van der Waals surface area (Å²) in [5.74, 6) is -2.38. The average Bonchev–Trinajstić information content (AvgIpc) is 2.06. The fraction of sp³-hybridized carbons (Fsp3) is 0.222. The lowest BCUT2D eigenvalue weighted by Crippen LogP contribution is -2.12. The minimum Gasteiger partial charge on any atom is -0.399 e. The summed E-state index contributed by atoms with van der Waals surface area (Å²) in [4.78, 5) is 10.8. The summed E-state index contributed by atoms with van der Waals surface area (Å²) in [6.07, 6.45) is -4.86. The van der Waals surface area contributed by atoms with Crippen LogP contribution in [0.2, 0.25) is 0 Å². The van der Waals surface area contributed by atoms with Gasteiger partial charge in [-0.15, -0.1) is 0 Å². The lowest BCUT2D eigenvalue weighted by molar-refractivity contribution is -0.139. The van der Waals surface area contributed by atoms with Gasteiger partial charge in [-0.3, -0.25) is 4.79 Å². The van der Waals surface area contributed by atoms with E-state index in [1.54, 1.807) is 0 Å². The van der Waals surface area contributed by atoms with Crippen LogP contribution in [-0.4, -0.2) is 5.78 Å². The number of benzene rings is 1. The average molecular weight is 221 g/mol. The molecule has 0 aromatic heterocycles. The van der Waals surface area contributed by atoms with Gasteiger partial charge in [-0.1, -0.05) is 0 Å². The Labute approximate surface area is 82.7 Å². The summed E-state index contributed by atoms with van der Waals surface area (Å²) in [7, 11) is 0. The van der Waals surface area contributed by atoms with Crippen molar-refractivity contribution in [3.8, 4) is 0 Å². The van der Waals surface area contributed by atoms with Crippen LogP contribution < -0.4 is 5.73 Å². The molecule has 0 heterocycles. The van der Waals surface area contributed by atoms with E-state index in [-0.39, 0.29) is 5.69 Å². The Bertz CT molecular complexity index is 411. The van der Waals surface area contributed by atoms with Crippen LogP contribution in [0.15, 0.2) is 12.1 Å². The number of hydrogen-bond acceptors (Lipinski definition) is 2. The van der Waals surface area contributed by atoms with Crippen LogP contribution in [0.4, 0.5) is 23.2 Å². The van der Waals surface area contributed by atoms with Crippen molar-refractivity contribution in [2.75, 3.05) is 5.73 Å². The Kier molecular flexibility index (Phi) is 2.70. The van der Waals surface area contributed by atoms with Crippen molar-refractivity contribution in [3.63, 3.8) is 0 Å². The maximum Gasteiger partial charge on any atom is 0.419 e. The molecule has 0 saturated heterocycles. The third-order valence-corrected chi connectivity index (χ3v) is 1.78. The molecule has 1 rings (SSSR count). The van der Waals surface area contributed by atoms with Crippen LogP contribution in [0.5, 0.6) is 0 Å². The predicted octanol–water partition coefficient (Wildman–Crippen LogP) is 2.63. The highest BCUT2D eigenvalue weighted by atomic mass is 19.4. The molecule has 1 aromatic carbocycles. The maximum atomic E-state index is 13.2. The number of rotatable bonds is 1. The van der Waals surface area contributed by atoms with Crippen molar-refractivity contribution in [2.45, 2.75) is 13.1 Å². The standard InChI is InChI=1S/C9H7F4NO/c1-4(15)6-2-5(14)3-7(8(6)10)9(11,12)13/h2-3H,14H2,1H3. The summed E-state index contributed by atoms with van der Waals surface area (Å²) in [5.41, 5.74) is 2.68. The number of ketones is 1. The topological polar surface area (TPSA) is 43.1 Å². The van der Waals surface area contributed by atoms with Gasteiger partial charge in [0.15, 0.2) is 5.78 Å². The van der Waals surface area contributed by atoms with Crippen LogP contribution in [0.25, 0.3) is 0 Å². The minimum atomic E-state index is -4.86. The molecule has 0 atom stereocenters. The van der Waals surface area contributed by atoms with Gasteiger partial charge in [0.25, 0.3) is 0 Å². The molecule has 0 saturated carbocycles. The molecule has 2 nitrogen and oxygen atoms in total. The highest BCUT2D eigenvalue weighted by Gasteiger charge is 2.35. The maximum absolute atomic E-state index is 13.2. The fourth-order valence-corrected chi connectivity index (χ4v) is 1.11. The van der Waals surface area contributed by atoms with E-state index >= 15 is 0 Å². The first-order valence-corrected chi connectivity index (χ1v) is 3.90. The van der Waals surface area contributed by atoms with Crippen LogP contribution in [0.3, 0.4) is 0 Å². The molecule has 0 aliphatic heterocycles. The Hall–Kier alpha value is -1.59. The number of halogens is 4. The molecule has 0 aliphatic rings. The number of hydrogen-bond donors (Lipinski definition) is 1. The zero-order valence-electron chi connectivity index (χ0n) is 7.65. The van der Waals surface area contributed by atoms with Gasteiger partial charge in [-0.05, 0) is 19.1 Å². The highest BCUT2D eigenvalue weighted by molar-refractivity contribution is 5.95. The first-order chi connectivity index (χ1) is 6.73. The second-order valence-corrected chi connectivity index (χ2v) is 2.98. The molecule has 6 heteroatoms. The Morgan fingerprint density at radius 1 is 1.33 bits per heavy atom. The SMILES string of the molecule is CC(=O)c1cc(N)cc(C(F)(F)F)c1F. The molecule has 0 bridgehead atoms. The summed E-state index contributed by atoms with van der Waals surface area (Å²) >= 11 is 0. The monoisotopic (exact) mass is 221 g/mol. The molecule has 0 fully saturated rings. The van der Waals surface area contributed by atoms with Crippen molar-refractivity contribution < 1.29 is 22.4 Å². The van der Waals surface area contributed by atoms with E-state index in [1.807, 2.05) is 0 Å². The van der Waals surface area contributed by atoms with Gasteiger partial charge >= 0.3 is 6.18 Å². The van der Waals surface area contributed by atoms with E-state index < -0.39 is 28.9 Å². The van der Waals surface area contributed by atoms with Gasteiger partial charge in [0.2, 0.25) is 0 Å². The Balaban J connectivity index is 3.49. The quantitative estimate of drug-likeness (QED) is 0.450. The smallest absolute Gasteiger partial charge is 0.399 e. The van der Waals surface area contributed by atoms with Gasteiger partial charge in [-0.2, -0.15) is 13.2 Å². The number of carbonyl (C=O) groups is 1. The van der Waals surface area contributed by atoms with Gasteiger partial charge in [-0.25, -0.2) is 4.39 Å². The lowest BCUT2D eigenvalue weighted by Gasteiger charge is -2.11. The lowest BCUT2D eigenvalue weighted by atomic mass is 10.1. The summed E-state index contributed by atoms with van der Waals surface area (Å²) < 4.78 is 50.0. The van der Waals surface area contributed by atoms with Gasteiger partial charge in [0.05, 0.1) is 11.1 Å². The first-order valence-electron chi connectivity index (χ1n) is 3.90. The largest absolute Gasteiger partial charge is 0.419 e. The molecular formula is C9H7F4NO. The van der Waals surface area contributed by atoms with Crippen molar-refractivity contribution in [1.29, 1.82) is 0 Å². The molecule has 82 valence electrons. The second kappa shape index (κ2) is 3.52. The number of Topliss-reactive ketones (excluding diaryl/α,β-unsaturated/α-hetero) is 1. The van der Waals surface area contributed by atoms with Gasteiger partial charge in [0.1, 0.15) is 5.82 Å². The summed E-state index contributed by atoms with van der Waals surface area (Å²) in [6.45, 7) is 0.970. The molecular weight excluding hydrogens is 214 g/mol. The van der Waals surface area contributed by atoms with E-state index in [1.165, 1.54) is 0 Å². The Morgan fingerprint density at radius 3 is 2.27 bits per heavy atom. The molecule has 15 heavy (non-hydrogen) atoms. The van der Waals surface area contributed by atoms with Crippen LogP contribution in [0, 0.1) is 5.82 Å². The van der Waals surface area contributed by atoms with E-state index in [2.05, 4.69) is 0 Å². The van der Waals surface area contributed by atoms with Crippen molar-refractivity contribution in [1.82, 2.24) is 0 Å². The summed E-state index contributed by atoms with van der Waals surface area (Å²) in [6, 6.07) is 1.34. The third-order valence-electron chi connectivity index (χ3n) is 1.78. The van der Waals surface area contributed by atoms with E-state index in [0.29, 0.717) is 6.07 Å². The van der Waals surface area contributed by atoms with Crippen LogP contribution in [-0.2, 0) is 6.18 Å². The van der Waals surface area contributed by atoms with Gasteiger partial charge in [0, 0.05) is 5.69 Å². The third kappa shape index (κ3) is 2.26. The number of alkyl halides is 3. The van der Waals surface area contributed by atoms with Crippen molar-refractivity contribution >= 4 is 11.5 Å². The predicted molar refractivity (Wildman–Crippen MR) is 45.8 cm³/mol. The molecule has 0 aliphatic carbocycles. The van der Waals surface area contributed by atoms with Crippen LogP contribution >= 0.6 is 0 Å². The van der Waals surface area contributed by atoms with E-state index in [4.69, 9.17) is 5.73 Å². The molecule has 0 radical (unpaired) electrons. The molecule has 2 N–H and O–H groups in total. The fourth-order valence-electron chi connectivity index (χ4n) is 1.11. The highest BCUT2D eigenvalue weighted by Crippen LogP contribution is 2.34. The van der Waals surface area contributed by atoms with E-state index in [9.17, 15) is 22.4 Å². The van der Waals surface area contributed by atoms with Gasteiger partial charge < -0.3 is 5.73 Å². The number of nitrogens with two attached hydrogens (primary N) is 1. The number of carbonyl (C=O) groups excluding carboxylic acids is 1. The van der Waals surface area contributed by atoms with Crippen molar-refractivity contribution in [3.05, 3.63) is 29.1 Å². The molecule has 1 aromatic rings. The Morgan fingerprint density at radius 2 is 1.87 bits per heavy atom. The van der Waals surface area contributed by atoms with E-state index in [0.717, 1.165) is 13.0 Å². The van der Waals surface area contributed by atoms with Crippen LogP contribution in [0.1, 0.15) is 22.8 Å².